The fourth-order valence-corrected chi connectivity index (χ4v) is 14.7. The largest absolute Gasteiger partial charge is 0.503 e. The second-order valence-electron chi connectivity index (χ2n) is 23.6. The molecule has 10 aromatic heterocycles. The van der Waals surface area contributed by atoms with Gasteiger partial charge >= 0.3 is 12.5 Å². The number of aliphatic hydroxyl groups excluding tert-OH is 2. The van der Waals surface area contributed by atoms with E-state index in [4.69, 9.17) is 24.1 Å². The van der Waals surface area contributed by atoms with Gasteiger partial charge < -0.3 is 86.8 Å². The summed E-state index contributed by atoms with van der Waals surface area (Å²) in [5.74, 6) is 4.89. The minimum absolute atomic E-state index is 0. The molecule has 0 fully saturated rings. The van der Waals surface area contributed by atoms with Crippen LogP contribution in [0.5, 0.6) is 23.0 Å². The lowest BCUT2D eigenvalue weighted by atomic mass is 10.1. The van der Waals surface area contributed by atoms with Crippen LogP contribution in [0.1, 0.15) is 85.0 Å². The number of para-hydroxylation sites is 8. The molecule has 0 radical (unpaired) electrons. The lowest BCUT2D eigenvalue weighted by Gasteiger charge is -2.13. The molecule has 0 unspecified atom stereocenters. The number of ether oxygens (including phenoxy) is 3. The summed E-state index contributed by atoms with van der Waals surface area (Å²) in [6, 6.07) is 47.7. The van der Waals surface area contributed by atoms with Gasteiger partial charge in [0.1, 0.15) is 17.2 Å². The number of aromatic hydroxyl groups is 1. The number of nitrogens with one attached hydrogen (secondary N) is 6. The second kappa shape index (κ2) is 51.2. The molecule has 38 heteroatoms. The number of aromatic nitrogens is 15. The number of halogens is 5. The third-order valence-electron chi connectivity index (χ3n) is 15.9. The number of alkyl halides is 3. The number of H-pyrrole nitrogens is 6. The maximum atomic E-state index is 12.3. The zero-order valence-electron chi connectivity index (χ0n) is 62.2. The molecule has 118 heavy (non-hydrogen) atoms. The van der Waals surface area contributed by atoms with E-state index < -0.39 is 19.1 Å². The van der Waals surface area contributed by atoms with Crippen LogP contribution in [0.2, 0.25) is 0 Å². The maximum absolute atomic E-state index is 12.3. The Morgan fingerprint density at radius 2 is 0.890 bits per heavy atom. The molecular formula is C80H96F5N15O13S5. The minimum Gasteiger partial charge on any atom is -0.503 e. The fraction of sp³-hybridized carbons (Fsp3) is 0.237. The van der Waals surface area contributed by atoms with E-state index in [0.29, 0.717) is 41.5 Å². The molecule has 28 nitrogen and oxygen atoms in total. The number of aromatic amines is 6. The van der Waals surface area contributed by atoms with Crippen molar-refractivity contribution in [2.75, 3.05) is 26.9 Å². The number of rotatable bonds is 23. The highest BCUT2D eigenvalue weighted by molar-refractivity contribution is 7.99. The molecule has 0 aliphatic heterocycles. The van der Waals surface area contributed by atoms with E-state index >= 15 is 0 Å². The van der Waals surface area contributed by atoms with Crippen LogP contribution in [0.15, 0.2) is 213 Å². The smallest absolute Gasteiger partial charge is 0.483 e. The Labute approximate surface area is 697 Å². The third-order valence-corrected chi connectivity index (χ3v) is 20.3. The van der Waals surface area contributed by atoms with Gasteiger partial charge in [-0.2, -0.15) is 13.2 Å². The van der Waals surface area contributed by atoms with Crippen molar-refractivity contribution >= 4 is 120 Å². The summed E-state index contributed by atoms with van der Waals surface area (Å²) in [6.07, 6.45) is 1.83. The molecule has 15 rings (SSSR count). The van der Waals surface area contributed by atoms with Crippen molar-refractivity contribution in [2.24, 2.45) is 0 Å². The number of hydrogen-bond acceptors (Lipinski definition) is 22. The number of pyridine rings is 5. The first kappa shape index (κ1) is 103. The van der Waals surface area contributed by atoms with E-state index in [1.165, 1.54) is 48.1 Å². The lowest BCUT2D eigenvalue weighted by molar-refractivity contribution is -0.153. The van der Waals surface area contributed by atoms with Crippen molar-refractivity contribution in [3.63, 3.8) is 0 Å². The van der Waals surface area contributed by atoms with E-state index in [1.54, 1.807) is 55.5 Å². The maximum Gasteiger partial charge on any atom is 0.483 e. The van der Waals surface area contributed by atoms with Crippen molar-refractivity contribution in [2.45, 2.75) is 124 Å². The van der Waals surface area contributed by atoms with Crippen molar-refractivity contribution in [1.82, 2.24) is 74.8 Å². The Hall–Kier alpha value is -11.0. The summed E-state index contributed by atoms with van der Waals surface area (Å²) in [4.78, 5) is 78.5. The number of fused-ring (bicyclic) bond motifs is 5. The number of carbonyl (C=O) groups excluding carboxylic acids is 1. The van der Waals surface area contributed by atoms with Crippen molar-refractivity contribution in [3.8, 4) is 23.0 Å². The van der Waals surface area contributed by atoms with Crippen LogP contribution in [-0.2, 0) is 35.4 Å². The number of nitrogens with zero attached hydrogens (tertiary/aromatic N) is 9. The average Bonchev–Trinajstić information content (AvgIpc) is 1.52. The molecule has 15 aromatic rings. The number of thioether (sulfide) groups is 5. The van der Waals surface area contributed by atoms with Crippen molar-refractivity contribution in [1.29, 1.82) is 0 Å². The normalized spacial score (nSPS) is 10.3. The highest BCUT2D eigenvalue weighted by Gasteiger charge is 2.29. The number of hydrogen-bond donors (Lipinski definition) is 9. The minimum atomic E-state index is -4.36. The number of carbonyl (C=O) groups is 1. The summed E-state index contributed by atoms with van der Waals surface area (Å²) in [6.45, 7) is 7.10. The summed E-state index contributed by atoms with van der Waals surface area (Å²) in [7, 11) is 1.68. The van der Waals surface area contributed by atoms with E-state index in [2.05, 4.69) is 74.8 Å². The first-order chi connectivity index (χ1) is 53.2. The molecule has 5 aromatic carbocycles. The summed E-state index contributed by atoms with van der Waals surface area (Å²) >= 11 is 7.76. The van der Waals surface area contributed by atoms with Gasteiger partial charge in [-0.1, -0.05) is 142 Å². The fourth-order valence-electron chi connectivity index (χ4n) is 10.3. The van der Waals surface area contributed by atoms with Crippen LogP contribution in [0, 0.1) is 27.7 Å². The Kier molecular flexibility index (Phi) is 44.8. The van der Waals surface area contributed by atoms with Gasteiger partial charge in [-0.25, -0.2) is 29.7 Å². The van der Waals surface area contributed by atoms with E-state index in [-0.39, 0.29) is 79.8 Å². The van der Waals surface area contributed by atoms with Gasteiger partial charge in [0.25, 0.3) is 0 Å². The number of aryl methyl sites for hydroxylation is 1. The zero-order valence-corrected chi connectivity index (χ0v) is 66.3. The van der Waals surface area contributed by atoms with Crippen LogP contribution in [0.25, 0.3) is 55.2 Å². The van der Waals surface area contributed by atoms with Crippen LogP contribution < -0.4 is 19.6 Å². The summed E-state index contributed by atoms with van der Waals surface area (Å²) < 4.78 is 72.2. The summed E-state index contributed by atoms with van der Waals surface area (Å²) in [5, 5.41) is 31.8. The lowest BCUT2D eigenvalue weighted by Crippen LogP contribution is -2.19. The third kappa shape index (κ3) is 30.5. The Balaban J connectivity index is 0.000000488. The molecular weight excluding hydrogens is 1630 g/mol. The molecule has 0 spiro atoms. The first-order valence-corrected chi connectivity index (χ1v) is 38.6. The molecule has 0 saturated carbocycles. The molecule has 0 aliphatic carbocycles. The highest BCUT2D eigenvalue weighted by atomic mass is 32.2. The van der Waals surface area contributed by atoms with E-state index in [9.17, 15) is 37.0 Å². The molecule has 0 atom stereocenters. The zero-order chi connectivity index (χ0) is 77.9. The first-order valence-electron chi connectivity index (χ1n) is 33.7. The van der Waals surface area contributed by atoms with Crippen molar-refractivity contribution in [3.05, 3.63) is 249 Å². The van der Waals surface area contributed by atoms with Crippen LogP contribution in [0.3, 0.4) is 0 Å². The second-order valence-corrected chi connectivity index (χ2v) is 28.4. The van der Waals surface area contributed by atoms with Gasteiger partial charge in [-0.05, 0) is 118 Å². The van der Waals surface area contributed by atoms with Gasteiger partial charge in [-0.3, -0.25) is 24.7 Å². The van der Waals surface area contributed by atoms with Crippen molar-refractivity contribution < 1.29 is 83.7 Å². The summed E-state index contributed by atoms with van der Waals surface area (Å²) in [5.41, 5.74) is 18.1. The van der Waals surface area contributed by atoms with Crippen LogP contribution in [-0.4, -0.2) is 157 Å². The predicted octanol–water partition coefficient (Wildman–Crippen LogP) is 15.5. The molecule has 10 heterocycles. The number of aliphatic hydroxyl groups is 2. The average molecular weight is 1730 g/mol. The van der Waals surface area contributed by atoms with Gasteiger partial charge in [0.15, 0.2) is 38.1 Å². The molecule has 634 valence electrons. The standard InChI is InChI=1S/2C17H19N3O2S.C16H14F3N3OS.C13H11N3O2S.C13H11N3S.CF2O.3CH4.5H2O/c1-10-7-18-15(11(2)16(10)22-3)9-23-17-19-13-5-4-12(8-21)6-14(13)20-17;1-12-15(18-8-7-16(12)22-10-4-9-21)11-23-17-19-13-5-2-3-6-14(13)20-17;1-10-13(20-7-6-14(10)23-9-16(17,18)19)8-24-15-21-11-4-2-3-5-12(11)22-15;17-11-5-6-14-10(12(11)18)7-19-13-15-8-3-1-2-4-9(8)16-13;1-2-7-12-11(6-1)15-13(16-12)17-9-10-5-3-4-8-14-10;2-1(3)4;;;;;;;;/h4-7,21H,8-9H2,1-3H3,(H,19,20);2-3,5-8,21H,4,9-11H2,1H3,(H,19,20);2-7H,8-9H2,1H3,(H,21,22);1-6,18H,7H2,(H,14,17)(H,15,16);1-8H,9H2,(H,15,16);;3*1H4;5*1H2. The van der Waals surface area contributed by atoms with Crippen LogP contribution in [0.4, 0.5) is 26.7 Å². The van der Waals surface area contributed by atoms with Gasteiger partial charge in [0.2, 0.25) is 5.43 Å². The number of methoxy groups -OCH3 is 1. The SMILES string of the molecule is C.C.C.COc1c(C)cnc(CSc2nc3ccc(CO)cc3[nH]2)c1C.Cc1c(OCC(F)(F)F)ccnc1CSc1nc2ccccc2[nH]1.Cc1c(OCCCO)ccnc1CSc1nc2ccccc2[nH]1.O.O.O.O.O.O=C(F)F.O=c1cc[nH]c(CSc2nc3ccccc3[nH]2)c1O.c1ccc(CSc2nc3ccccc3[nH]2)nc1. The van der Waals surface area contributed by atoms with Gasteiger partial charge in [-0.15, -0.1) is 8.78 Å². The Morgan fingerprint density at radius 1 is 0.483 bits per heavy atom. The highest BCUT2D eigenvalue weighted by Crippen LogP contribution is 2.33. The molecule has 0 aliphatic rings. The van der Waals surface area contributed by atoms with Crippen LogP contribution >= 0.6 is 58.8 Å². The number of benzene rings is 5. The van der Waals surface area contributed by atoms with Gasteiger partial charge in [0, 0.05) is 101 Å². The van der Waals surface area contributed by atoms with Gasteiger partial charge in [0.05, 0.1) is 104 Å². The number of imidazole rings is 5. The molecule has 0 saturated heterocycles. The molecule has 19 N–H and O–H groups in total. The Bertz CT molecular complexity index is 5440. The topological polar surface area (TPSA) is 491 Å². The van der Waals surface area contributed by atoms with E-state index in [1.807, 2.05) is 173 Å². The van der Waals surface area contributed by atoms with E-state index in [0.717, 1.165) is 149 Å². The Morgan fingerprint density at radius 3 is 1.31 bits per heavy atom. The monoisotopic (exact) mass is 1730 g/mol. The molecule has 0 amide bonds. The quantitative estimate of drug-likeness (QED) is 0.0124. The predicted molar refractivity (Wildman–Crippen MR) is 460 cm³/mol. The molecule has 0 bridgehead atoms.